The highest BCUT2D eigenvalue weighted by atomic mass is 35.5. The van der Waals surface area contributed by atoms with Gasteiger partial charge in [0.2, 0.25) is 0 Å². The van der Waals surface area contributed by atoms with E-state index < -0.39 is 11.9 Å². The minimum absolute atomic E-state index is 0.286. The molecular formula is C15H19ClF3N5. The Bertz CT molecular complexity index is 721. The van der Waals surface area contributed by atoms with Gasteiger partial charge in [0.1, 0.15) is 16.8 Å². The zero-order valence-electron chi connectivity index (χ0n) is 13.5. The number of fused-ring (bicyclic) bond motifs is 1. The summed E-state index contributed by atoms with van der Waals surface area (Å²) in [6.07, 6.45) is -0.237. The van der Waals surface area contributed by atoms with Crippen molar-refractivity contribution in [2.45, 2.75) is 32.1 Å². The van der Waals surface area contributed by atoms with E-state index in [0.717, 1.165) is 25.0 Å². The monoisotopic (exact) mass is 361 g/mol. The number of halogens is 4. The van der Waals surface area contributed by atoms with E-state index in [1.807, 2.05) is 18.7 Å². The van der Waals surface area contributed by atoms with Crippen LogP contribution < -0.4 is 0 Å². The van der Waals surface area contributed by atoms with Crippen molar-refractivity contribution in [3.05, 3.63) is 34.9 Å². The van der Waals surface area contributed by atoms with Gasteiger partial charge in [-0.3, -0.25) is 4.90 Å². The van der Waals surface area contributed by atoms with Crippen LogP contribution in [0.3, 0.4) is 0 Å². The van der Waals surface area contributed by atoms with Crippen molar-refractivity contribution in [2.75, 3.05) is 13.6 Å². The lowest BCUT2D eigenvalue weighted by Crippen LogP contribution is -2.31. The van der Waals surface area contributed by atoms with Gasteiger partial charge in [0.05, 0.1) is 12.7 Å². The normalized spacial score (nSPS) is 18.2. The van der Waals surface area contributed by atoms with Crippen LogP contribution in [0.15, 0.2) is 12.4 Å². The molecule has 0 saturated carbocycles. The highest BCUT2D eigenvalue weighted by Crippen LogP contribution is 2.30. The molecule has 0 aliphatic carbocycles. The fraction of sp³-hybridized carbons (Fsp3) is 0.600. The molecule has 24 heavy (non-hydrogen) atoms. The summed E-state index contributed by atoms with van der Waals surface area (Å²) in [5.74, 6) is 1.67. The van der Waals surface area contributed by atoms with Gasteiger partial charge in [-0.1, -0.05) is 11.6 Å². The number of rotatable bonds is 4. The maximum absolute atomic E-state index is 12.8. The van der Waals surface area contributed by atoms with Crippen molar-refractivity contribution in [1.29, 1.82) is 0 Å². The Balaban J connectivity index is 1.61. The SMILES string of the molecule is CN(Cc1ncc(Cl)n1C)C[C@@H]1CCc2nc(C(F)(F)F)cn2C1. The van der Waals surface area contributed by atoms with Crippen LogP contribution in [0, 0.1) is 5.92 Å². The Hall–Kier alpha value is -1.54. The lowest BCUT2D eigenvalue weighted by atomic mass is 9.99. The molecule has 1 aliphatic rings. The number of alkyl halides is 3. The van der Waals surface area contributed by atoms with Crippen LogP contribution in [0.2, 0.25) is 5.15 Å². The number of aromatic nitrogens is 4. The highest BCUT2D eigenvalue weighted by Gasteiger charge is 2.35. The number of hydrogen-bond acceptors (Lipinski definition) is 3. The molecule has 2 aromatic rings. The second-order valence-electron chi connectivity index (χ2n) is 6.35. The molecule has 0 N–H and O–H groups in total. The average molecular weight is 362 g/mol. The summed E-state index contributed by atoms with van der Waals surface area (Å²) in [7, 11) is 3.84. The first-order valence-corrected chi connectivity index (χ1v) is 8.09. The second kappa shape index (κ2) is 6.40. The van der Waals surface area contributed by atoms with Crippen LogP contribution in [0.5, 0.6) is 0 Å². The van der Waals surface area contributed by atoms with Gasteiger partial charge in [-0.15, -0.1) is 0 Å². The van der Waals surface area contributed by atoms with Gasteiger partial charge < -0.3 is 9.13 Å². The van der Waals surface area contributed by atoms with Crippen molar-refractivity contribution < 1.29 is 13.2 Å². The molecule has 0 amide bonds. The third kappa shape index (κ3) is 3.59. The fourth-order valence-electron chi connectivity index (χ4n) is 3.12. The Morgan fingerprint density at radius 3 is 2.79 bits per heavy atom. The maximum Gasteiger partial charge on any atom is 0.434 e. The smallest absolute Gasteiger partial charge is 0.334 e. The summed E-state index contributed by atoms with van der Waals surface area (Å²) in [6.45, 7) is 1.98. The van der Waals surface area contributed by atoms with Gasteiger partial charge in [-0.25, -0.2) is 9.97 Å². The van der Waals surface area contributed by atoms with Gasteiger partial charge in [-0.2, -0.15) is 13.2 Å². The summed E-state index contributed by atoms with van der Waals surface area (Å²) in [5.41, 5.74) is -0.797. The lowest BCUT2D eigenvalue weighted by molar-refractivity contribution is -0.141. The Kier molecular flexibility index (Phi) is 4.61. The number of aryl methyl sites for hydroxylation is 1. The predicted molar refractivity (Wildman–Crippen MR) is 83.6 cm³/mol. The van der Waals surface area contributed by atoms with Crippen molar-refractivity contribution in [1.82, 2.24) is 24.0 Å². The van der Waals surface area contributed by atoms with Crippen molar-refractivity contribution in [3.8, 4) is 0 Å². The summed E-state index contributed by atoms with van der Waals surface area (Å²) < 4.78 is 41.7. The van der Waals surface area contributed by atoms with Crippen LogP contribution in [0.1, 0.15) is 23.8 Å². The van der Waals surface area contributed by atoms with Gasteiger partial charge in [0.15, 0.2) is 5.69 Å². The van der Waals surface area contributed by atoms with Crippen molar-refractivity contribution in [2.24, 2.45) is 13.0 Å². The van der Waals surface area contributed by atoms with E-state index >= 15 is 0 Å². The van der Waals surface area contributed by atoms with E-state index in [1.165, 1.54) is 0 Å². The Morgan fingerprint density at radius 1 is 1.42 bits per heavy atom. The molecule has 3 heterocycles. The molecule has 0 aromatic carbocycles. The second-order valence-corrected chi connectivity index (χ2v) is 6.74. The van der Waals surface area contributed by atoms with Crippen LogP contribution >= 0.6 is 11.6 Å². The minimum atomic E-state index is -4.38. The first-order valence-electron chi connectivity index (χ1n) is 7.72. The standard InChI is InChI=1S/C15H19ClF3N5/c1-22(9-14-20-5-12(16)23(14)2)6-10-3-4-13-21-11(15(17,18)19)8-24(13)7-10/h5,8,10H,3-4,6-7,9H2,1-2H3/t10-/m0/s1. The molecule has 132 valence electrons. The molecule has 2 aromatic heterocycles. The molecule has 0 bridgehead atoms. The van der Waals surface area contributed by atoms with Crippen LogP contribution in [-0.4, -0.2) is 37.6 Å². The van der Waals surface area contributed by atoms with E-state index in [4.69, 9.17) is 11.6 Å². The van der Waals surface area contributed by atoms with Crippen LogP contribution in [-0.2, 0) is 32.7 Å². The number of hydrogen-bond donors (Lipinski definition) is 0. The third-order valence-electron chi connectivity index (χ3n) is 4.39. The molecule has 1 aliphatic heterocycles. The van der Waals surface area contributed by atoms with E-state index in [0.29, 0.717) is 30.5 Å². The van der Waals surface area contributed by atoms with E-state index in [-0.39, 0.29) is 5.92 Å². The summed E-state index contributed by atoms with van der Waals surface area (Å²) >= 11 is 5.98. The summed E-state index contributed by atoms with van der Waals surface area (Å²) in [4.78, 5) is 10.1. The molecule has 9 heteroatoms. The first kappa shape index (κ1) is 17.3. The molecule has 5 nitrogen and oxygen atoms in total. The quantitative estimate of drug-likeness (QED) is 0.840. The average Bonchev–Trinajstić information content (AvgIpc) is 3.05. The van der Waals surface area contributed by atoms with Crippen molar-refractivity contribution >= 4 is 11.6 Å². The molecule has 3 rings (SSSR count). The van der Waals surface area contributed by atoms with E-state index in [2.05, 4.69) is 14.9 Å². The maximum atomic E-state index is 12.8. The van der Waals surface area contributed by atoms with Crippen molar-refractivity contribution in [3.63, 3.8) is 0 Å². The van der Waals surface area contributed by atoms with Gasteiger partial charge in [0, 0.05) is 32.8 Å². The van der Waals surface area contributed by atoms with Gasteiger partial charge in [0.25, 0.3) is 0 Å². The molecule has 0 fully saturated rings. The zero-order valence-corrected chi connectivity index (χ0v) is 14.3. The van der Waals surface area contributed by atoms with Crippen LogP contribution in [0.4, 0.5) is 13.2 Å². The Labute approximate surface area is 143 Å². The molecule has 0 unspecified atom stereocenters. The third-order valence-corrected chi connectivity index (χ3v) is 4.74. The molecule has 1 atom stereocenters. The molecule has 0 radical (unpaired) electrons. The topological polar surface area (TPSA) is 38.9 Å². The van der Waals surface area contributed by atoms with Gasteiger partial charge >= 0.3 is 6.18 Å². The number of nitrogens with zero attached hydrogens (tertiary/aromatic N) is 5. The molecule has 0 spiro atoms. The lowest BCUT2D eigenvalue weighted by Gasteiger charge is -2.28. The number of imidazole rings is 2. The fourth-order valence-corrected chi connectivity index (χ4v) is 3.26. The molecule has 0 saturated heterocycles. The molecular weight excluding hydrogens is 343 g/mol. The zero-order chi connectivity index (χ0) is 17.5. The summed E-state index contributed by atoms with van der Waals surface area (Å²) in [6, 6.07) is 0. The minimum Gasteiger partial charge on any atom is -0.334 e. The predicted octanol–water partition coefficient (Wildman–Crippen LogP) is 2.98. The summed E-state index contributed by atoms with van der Waals surface area (Å²) in [5, 5.41) is 0.582. The van der Waals surface area contributed by atoms with Crippen LogP contribution in [0.25, 0.3) is 0 Å². The van der Waals surface area contributed by atoms with E-state index in [1.54, 1.807) is 10.8 Å². The van der Waals surface area contributed by atoms with E-state index in [9.17, 15) is 13.2 Å². The Morgan fingerprint density at radius 2 is 2.17 bits per heavy atom. The first-order chi connectivity index (χ1) is 11.2. The highest BCUT2D eigenvalue weighted by molar-refractivity contribution is 6.29. The largest absolute Gasteiger partial charge is 0.434 e. The van der Waals surface area contributed by atoms with Gasteiger partial charge in [-0.05, 0) is 19.4 Å².